The first-order valence-corrected chi connectivity index (χ1v) is 4.76. The highest BCUT2D eigenvalue weighted by Crippen LogP contribution is 1.94. The molecule has 0 saturated carbocycles. The van der Waals surface area contributed by atoms with E-state index in [4.69, 9.17) is 11.5 Å². The number of carbonyl (C=O) groups excluding carboxylic acids is 2. The maximum atomic E-state index is 10.7. The molecule has 0 fully saturated rings. The van der Waals surface area contributed by atoms with Crippen LogP contribution in [-0.2, 0) is 9.59 Å². The largest absolute Gasteiger partial charge is 0.370 e. The molecule has 0 aromatic carbocycles. The highest BCUT2D eigenvalue weighted by atomic mass is 16.1. The van der Waals surface area contributed by atoms with Gasteiger partial charge in [-0.25, -0.2) is 4.68 Å². The van der Waals surface area contributed by atoms with Crippen LogP contribution >= 0.6 is 0 Å². The van der Waals surface area contributed by atoms with Crippen molar-refractivity contribution in [3.05, 3.63) is 12.7 Å². The molecule has 0 radical (unpaired) electrons. The fraction of sp³-hybridized carbons (Fsp3) is 0.500. The number of primary amides is 2. The standard InChI is InChI=1S/C8H14N6O2/c9-7(15)1-3-13(4-2-8(10)16)14-5-11-12-6-14/h5-6H,1-4H2,(H2,9,15)(H2,10,16). The molecule has 0 unspecified atom stereocenters. The van der Waals surface area contributed by atoms with Crippen molar-refractivity contribution < 1.29 is 9.59 Å². The van der Waals surface area contributed by atoms with Gasteiger partial charge in [-0.1, -0.05) is 0 Å². The lowest BCUT2D eigenvalue weighted by atomic mass is 10.3. The lowest BCUT2D eigenvalue weighted by Gasteiger charge is -2.23. The summed E-state index contributed by atoms with van der Waals surface area (Å²) in [4.78, 5) is 21.3. The van der Waals surface area contributed by atoms with E-state index in [-0.39, 0.29) is 12.8 Å². The van der Waals surface area contributed by atoms with Crippen LogP contribution in [0.2, 0.25) is 0 Å². The first kappa shape index (κ1) is 12.0. The zero-order valence-corrected chi connectivity index (χ0v) is 8.74. The number of carbonyl (C=O) groups is 2. The minimum atomic E-state index is -0.405. The zero-order valence-electron chi connectivity index (χ0n) is 8.74. The summed E-state index contributed by atoms with van der Waals surface area (Å²) in [5.74, 6) is -0.811. The smallest absolute Gasteiger partial charge is 0.219 e. The second kappa shape index (κ2) is 5.69. The fourth-order valence-electron chi connectivity index (χ4n) is 1.16. The van der Waals surface area contributed by atoms with E-state index in [0.29, 0.717) is 13.1 Å². The summed E-state index contributed by atoms with van der Waals surface area (Å²) in [5.41, 5.74) is 10.1. The monoisotopic (exact) mass is 226 g/mol. The van der Waals surface area contributed by atoms with E-state index < -0.39 is 11.8 Å². The predicted molar refractivity (Wildman–Crippen MR) is 55.6 cm³/mol. The Kier molecular flexibility index (Phi) is 4.25. The number of rotatable bonds is 7. The van der Waals surface area contributed by atoms with Crippen LogP contribution in [0.3, 0.4) is 0 Å². The van der Waals surface area contributed by atoms with Gasteiger partial charge in [0.05, 0.1) is 0 Å². The van der Waals surface area contributed by atoms with Gasteiger partial charge in [0.15, 0.2) is 0 Å². The van der Waals surface area contributed by atoms with E-state index in [2.05, 4.69) is 10.2 Å². The molecule has 0 bridgehead atoms. The van der Waals surface area contributed by atoms with E-state index >= 15 is 0 Å². The van der Waals surface area contributed by atoms with Gasteiger partial charge in [-0.15, -0.1) is 10.2 Å². The lowest BCUT2D eigenvalue weighted by molar-refractivity contribution is -0.118. The Hall–Kier alpha value is -2.12. The topological polar surface area (TPSA) is 120 Å². The van der Waals surface area contributed by atoms with Gasteiger partial charge in [0, 0.05) is 25.9 Å². The molecule has 1 rings (SSSR count). The molecular weight excluding hydrogens is 212 g/mol. The molecule has 16 heavy (non-hydrogen) atoms. The molecule has 0 aliphatic heterocycles. The molecule has 0 saturated heterocycles. The number of hydrogen-bond acceptors (Lipinski definition) is 5. The van der Waals surface area contributed by atoms with Crippen LogP contribution in [-0.4, -0.2) is 39.8 Å². The average molecular weight is 226 g/mol. The highest BCUT2D eigenvalue weighted by Gasteiger charge is 2.08. The van der Waals surface area contributed by atoms with Gasteiger partial charge in [0.25, 0.3) is 0 Å². The van der Waals surface area contributed by atoms with Crippen LogP contribution in [0.5, 0.6) is 0 Å². The van der Waals surface area contributed by atoms with Crippen molar-refractivity contribution >= 4 is 11.8 Å². The Morgan fingerprint density at radius 3 is 1.88 bits per heavy atom. The molecule has 2 amide bonds. The molecule has 1 aromatic heterocycles. The van der Waals surface area contributed by atoms with E-state index in [1.807, 2.05) is 0 Å². The minimum absolute atomic E-state index is 0.191. The Morgan fingerprint density at radius 2 is 1.50 bits per heavy atom. The molecule has 1 aromatic rings. The summed E-state index contributed by atoms with van der Waals surface area (Å²) in [5, 5.41) is 8.99. The van der Waals surface area contributed by atoms with E-state index in [9.17, 15) is 9.59 Å². The van der Waals surface area contributed by atoms with Crippen molar-refractivity contribution in [1.29, 1.82) is 0 Å². The summed E-state index contributed by atoms with van der Waals surface area (Å²) in [6, 6.07) is 0. The summed E-state index contributed by atoms with van der Waals surface area (Å²) in [6.45, 7) is 0.779. The summed E-state index contributed by atoms with van der Waals surface area (Å²) < 4.78 is 1.59. The van der Waals surface area contributed by atoms with Gasteiger partial charge in [0.2, 0.25) is 11.8 Å². The van der Waals surface area contributed by atoms with E-state index in [1.165, 1.54) is 12.7 Å². The van der Waals surface area contributed by atoms with Gasteiger partial charge in [-0.05, 0) is 0 Å². The molecule has 8 heteroatoms. The second-order valence-electron chi connectivity index (χ2n) is 3.23. The van der Waals surface area contributed by atoms with Gasteiger partial charge < -0.3 is 16.5 Å². The molecule has 88 valence electrons. The number of hydrogen-bond donors (Lipinski definition) is 2. The SMILES string of the molecule is NC(=O)CCN(CCC(N)=O)n1cnnc1. The Bertz CT molecular complexity index is 331. The van der Waals surface area contributed by atoms with Crippen molar-refractivity contribution in [3.63, 3.8) is 0 Å². The molecule has 8 nitrogen and oxygen atoms in total. The number of amides is 2. The van der Waals surface area contributed by atoms with Crippen molar-refractivity contribution in [2.45, 2.75) is 12.8 Å². The third-order valence-electron chi connectivity index (χ3n) is 1.97. The summed E-state index contributed by atoms with van der Waals surface area (Å²) >= 11 is 0. The summed E-state index contributed by atoms with van der Waals surface area (Å²) in [6.07, 6.45) is 3.33. The summed E-state index contributed by atoms with van der Waals surface area (Å²) in [7, 11) is 0. The third-order valence-corrected chi connectivity index (χ3v) is 1.97. The van der Waals surface area contributed by atoms with Crippen LogP contribution in [0.1, 0.15) is 12.8 Å². The van der Waals surface area contributed by atoms with Gasteiger partial charge in [-0.3, -0.25) is 9.59 Å². The van der Waals surface area contributed by atoms with Crippen molar-refractivity contribution in [2.24, 2.45) is 11.5 Å². The van der Waals surface area contributed by atoms with Crippen LogP contribution < -0.4 is 16.5 Å². The van der Waals surface area contributed by atoms with Gasteiger partial charge in [-0.2, -0.15) is 0 Å². The lowest BCUT2D eigenvalue weighted by Crippen LogP contribution is -2.38. The number of nitrogens with zero attached hydrogens (tertiary/aromatic N) is 4. The van der Waals surface area contributed by atoms with Crippen molar-refractivity contribution in [3.8, 4) is 0 Å². The first-order chi connectivity index (χ1) is 7.59. The molecule has 0 spiro atoms. The van der Waals surface area contributed by atoms with Crippen LogP contribution in [0.15, 0.2) is 12.7 Å². The fourth-order valence-corrected chi connectivity index (χ4v) is 1.16. The van der Waals surface area contributed by atoms with Crippen LogP contribution in [0, 0.1) is 0 Å². The third kappa shape index (κ3) is 3.95. The van der Waals surface area contributed by atoms with Crippen molar-refractivity contribution in [2.75, 3.05) is 18.1 Å². The Balaban J connectivity index is 2.55. The van der Waals surface area contributed by atoms with Crippen LogP contribution in [0.25, 0.3) is 0 Å². The first-order valence-electron chi connectivity index (χ1n) is 4.76. The van der Waals surface area contributed by atoms with Gasteiger partial charge >= 0.3 is 0 Å². The Morgan fingerprint density at radius 1 is 1.06 bits per heavy atom. The number of aromatic nitrogens is 3. The maximum absolute atomic E-state index is 10.7. The predicted octanol–water partition coefficient (Wildman–Crippen LogP) is -2.03. The van der Waals surface area contributed by atoms with Crippen LogP contribution in [0.4, 0.5) is 0 Å². The average Bonchev–Trinajstić information content (AvgIpc) is 2.70. The molecular formula is C8H14N6O2. The normalized spacial score (nSPS) is 10.0. The minimum Gasteiger partial charge on any atom is -0.370 e. The van der Waals surface area contributed by atoms with Gasteiger partial charge in [0.1, 0.15) is 12.7 Å². The Labute approximate surface area is 92.2 Å². The maximum Gasteiger partial charge on any atom is 0.219 e. The molecule has 0 atom stereocenters. The molecule has 4 N–H and O–H groups in total. The van der Waals surface area contributed by atoms with E-state index in [1.54, 1.807) is 9.69 Å². The zero-order chi connectivity index (χ0) is 12.0. The second-order valence-corrected chi connectivity index (χ2v) is 3.23. The molecule has 0 aliphatic carbocycles. The number of nitrogens with two attached hydrogens (primary N) is 2. The highest BCUT2D eigenvalue weighted by molar-refractivity contribution is 5.74. The quantitative estimate of drug-likeness (QED) is 0.555. The van der Waals surface area contributed by atoms with Crippen molar-refractivity contribution in [1.82, 2.24) is 14.9 Å². The molecule has 0 aliphatic rings. The molecule has 1 heterocycles. The van der Waals surface area contributed by atoms with E-state index in [0.717, 1.165) is 0 Å².